The van der Waals surface area contributed by atoms with Crippen molar-refractivity contribution in [2.75, 3.05) is 12.0 Å². The summed E-state index contributed by atoms with van der Waals surface area (Å²) in [6, 6.07) is 17.5. The van der Waals surface area contributed by atoms with Crippen molar-refractivity contribution in [3.05, 3.63) is 60.2 Å². The average molecular weight is 337 g/mol. The molecule has 0 saturated heterocycles. The number of ether oxygens (including phenoxy) is 1. The minimum absolute atomic E-state index is 0.0351. The number of aryl methyl sites for hydroxylation is 1. The fourth-order valence-electron chi connectivity index (χ4n) is 1.97. The lowest BCUT2D eigenvalue weighted by molar-refractivity contribution is 0.482. The summed E-state index contributed by atoms with van der Waals surface area (Å²) < 4.78 is 31.0. The van der Waals surface area contributed by atoms with Crippen molar-refractivity contribution in [1.29, 1.82) is 0 Å². The van der Waals surface area contributed by atoms with E-state index in [0.717, 1.165) is 29.9 Å². The first kappa shape index (κ1) is 16.9. The quantitative estimate of drug-likeness (QED) is 0.595. The van der Waals surface area contributed by atoms with Crippen LogP contribution in [0, 0.1) is 0 Å². The van der Waals surface area contributed by atoms with Crippen molar-refractivity contribution < 1.29 is 13.2 Å². The molecule has 0 aliphatic carbocycles. The number of para-hydroxylation sites is 1. The molecule has 0 saturated carbocycles. The van der Waals surface area contributed by atoms with Crippen molar-refractivity contribution in [3.63, 3.8) is 0 Å². The Balaban J connectivity index is 1.86. The van der Waals surface area contributed by atoms with Gasteiger partial charge in [-0.1, -0.05) is 30.3 Å². The minimum atomic E-state index is -3.13. The third kappa shape index (κ3) is 5.76. The van der Waals surface area contributed by atoms with Crippen LogP contribution in [0.25, 0.3) is 0 Å². The van der Waals surface area contributed by atoms with Crippen LogP contribution in [0.4, 0.5) is 0 Å². The molecular weight excluding hydrogens is 317 g/mol. The Morgan fingerprint density at radius 3 is 2.45 bits per heavy atom. The third-order valence-corrected chi connectivity index (χ3v) is 5.46. The highest BCUT2D eigenvalue weighted by Crippen LogP contribution is 2.22. The number of hydrogen-bond donors (Lipinski definition) is 1. The topological polar surface area (TPSA) is 55.4 Å². The van der Waals surface area contributed by atoms with E-state index in [1.807, 2.05) is 54.6 Å². The first-order chi connectivity index (χ1) is 10.6. The van der Waals surface area contributed by atoms with Gasteiger partial charge in [0.1, 0.15) is 11.5 Å². The van der Waals surface area contributed by atoms with Gasteiger partial charge in [0.05, 0.1) is 5.49 Å². The second kappa shape index (κ2) is 8.28. The zero-order chi connectivity index (χ0) is 15.8. The van der Waals surface area contributed by atoms with E-state index in [2.05, 4.69) is 14.0 Å². The monoisotopic (exact) mass is 337 g/mol. The largest absolute Gasteiger partial charge is 0.457 e. The van der Waals surface area contributed by atoms with Gasteiger partial charge in [0.15, 0.2) is 0 Å². The summed E-state index contributed by atoms with van der Waals surface area (Å²) in [5, 5.41) is 0. The predicted octanol–water partition coefficient (Wildman–Crippen LogP) is 3.16. The number of benzene rings is 2. The van der Waals surface area contributed by atoms with Crippen LogP contribution in [0.2, 0.25) is 0 Å². The van der Waals surface area contributed by atoms with Crippen LogP contribution >= 0.6 is 9.24 Å². The first-order valence-corrected chi connectivity index (χ1v) is 9.55. The summed E-state index contributed by atoms with van der Waals surface area (Å²) in [4.78, 5) is 0. The van der Waals surface area contributed by atoms with Crippen molar-refractivity contribution >= 4 is 19.3 Å². The molecule has 1 N–H and O–H groups in total. The maximum atomic E-state index is 11.3. The van der Waals surface area contributed by atoms with Crippen LogP contribution in [0.15, 0.2) is 54.6 Å². The van der Waals surface area contributed by atoms with Gasteiger partial charge in [-0.3, -0.25) is 0 Å². The van der Waals surface area contributed by atoms with Crippen molar-refractivity contribution in [3.8, 4) is 11.5 Å². The van der Waals surface area contributed by atoms with E-state index < -0.39 is 10.0 Å². The van der Waals surface area contributed by atoms with E-state index in [4.69, 9.17) is 4.74 Å². The summed E-state index contributed by atoms with van der Waals surface area (Å²) in [6.45, 7) is 0.445. The van der Waals surface area contributed by atoms with Crippen LogP contribution in [0.1, 0.15) is 12.0 Å². The van der Waals surface area contributed by atoms with Crippen LogP contribution in [-0.2, 0) is 16.4 Å². The Morgan fingerprint density at radius 1 is 1.00 bits per heavy atom. The fraction of sp³-hybridized carbons (Fsp3) is 0.250. The van der Waals surface area contributed by atoms with Gasteiger partial charge in [-0.15, -0.1) is 9.24 Å². The molecule has 6 heteroatoms. The van der Waals surface area contributed by atoms with E-state index in [1.165, 1.54) is 0 Å². The molecule has 0 bridgehead atoms. The summed E-state index contributed by atoms with van der Waals surface area (Å²) in [5.41, 5.74) is 1.16. The highest BCUT2D eigenvalue weighted by molar-refractivity contribution is 7.93. The molecule has 2 rings (SSSR count). The Hall–Kier alpha value is -1.42. The molecular formula is C16H20NO3PS. The Kier molecular flexibility index (Phi) is 6.37. The van der Waals surface area contributed by atoms with Gasteiger partial charge in [0, 0.05) is 6.54 Å². The van der Waals surface area contributed by atoms with Gasteiger partial charge in [0.2, 0.25) is 10.0 Å². The van der Waals surface area contributed by atoms with Crippen LogP contribution in [0.5, 0.6) is 11.5 Å². The highest BCUT2D eigenvalue weighted by atomic mass is 32.2. The number of nitrogens with one attached hydrogen (secondary N) is 1. The molecule has 22 heavy (non-hydrogen) atoms. The lowest BCUT2D eigenvalue weighted by atomic mass is 10.1. The lowest BCUT2D eigenvalue weighted by Crippen LogP contribution is -2.25. The summed E-state index contributed by atoms with van der Waals surface area (Å²) in [6.07, 6.45) is 1.55. The molecule has 0 radical (unpaired) electrons. The van der Waals surface area contributed by atoms with Gasteiger partial charge in [-0.25, -0.2) is 13.1 Å². The number of rotatable bonds is 8. The molecule has 0 aliphatic rings. The zero-order valence-electron chi connectivity index (χ0n) is 12.2. The van der Waals surface area contributed by atoms with Gasteiger partial charge in [-0.2, -0.15) is 0 Å². The normalized spacial score (nSPS) is 11.3. The third-order valence-electron chi connectivity index (χ3n) is 3.06. The van der Waals surface area contributed by atoms with E-state index in [-0.39, 0.29) is 5.49 Å². The maximum absolute atomic E-state index is 11.3. The average Bonchev–Trinajstić information content (AvgIpc) is 2.53. The molecule has 2 aromatic carbocycles. The molecule has 2 aromatic rings. The second-order valence-electron chi connectivity index (χ2n) is 4.84. The van der Waals surface area contributed by atoms with Gasteiger partial charge in [0.25, 0.3) is 0 Å². The van der Waals surface area contributed by atoms with Crippen LogP contribution in [0.3, 0.4) is 0 Å². The second-order valence-corrected chi connectivity index (χ2v) is 7.69. The first-order valence-electron chi connectivity index (χ1n) is 7.08. The Bertz CT molecular complexity index is 690. The molecule has 1 atom stereocenters. The molecule has 0 aromatic heterocycles. The molecule has 0 spiro atoms. The summed E-state index contributed by atoms with van der Waals surface area (Å²) in [7, 11) is -0.920. The molecule has 118 valence electrons. The van der Waals surface area contributed by atoms with Gasteiger partial charge >= 0.3 is 0 Å². The zero-order valence-corrected chi connectivity index (χ0v) is 14.2. The van der Waals surface area contributed by atoms with Crippen LogP contribution in [-0.4, -0.2) is 20.5 Å². The Labute approximate surface area is 134 Å². The SMILES string of the molecule is O=S(=O)(CP)NCCCc1cccc(Oc2ccccc2)c1. The van der Waals surface area contributed by atoms with Crippen LogP contribution < -0.4 is 9.46 Å². The number of sulfonamides is 1. The maximum Gasteiger partial charge on any atom is 0.215 e. The molecule has 0 amide bonds. The predicted molar refractivity (Wildman–Crippen MR) is 92.8 cm³/mol. The molecule has 0 fully saturated rings. The van der Waals surface area contributed by atoms with Gasteiger partial charge < -0.3 is 4.74 Å². The Morgan fingerprint density at radius 2 is 1.73 bits per heavy atom. The standard InChI is InChI=1S/C16H20NO3PS/c18-22(19,13-21)17-11-5-7-14-6-4-10-16(12-14)20-15-8-2-1-3-9-15/h1-4,6,8-10,12,17H,5,7,11,13,21H2. The molecule has 0 heterocycles. The lowest BCUT2D eigenvalue weighted by Gasteiger charge is -2.08. The van der Waals surface area contributed by atoms with E-state index in [1.54, 1.807) is 0 Å². The fourth-order valence-corrected chi connectivity index (χ4v) is 2.89. The highest BCUT2D eigenvalue weighted by Gasteiger charge is 2.05. The van der Waals surface area contributed by atoms with Crippen molar-refractivity contribution in [1.82, 2.24) is 4.72 Å². The smallest absolute Gasteiger partial charge is 0.215 e. The summed E-state index contributed by atoms with van der Waals surface area (Å²) in [5.74, 6) is 1.59. The van der Waals surface area contributed by atoms with E-state index in [9.17, 15) is 8.42 Å². The molecule has 0 aliphatic heterocycles. The van der Waals surface area contributed by atoms with E-state index in [0.29, 0.717) is 6.54 Å². The minimum Gasteiger partial charge on any atom is -0.457 e. The van der Waals surface area contributed by atoms with Crippen molar-refractivity contribution in [2.24, 2.45) is 0 Å². The van der Waals surface area contributed by atoms with Gasteiger partial charge in [-0.05, 0) is 42.7 Å². The van der Waals surface area contributed by atoms with Crippen molar-refractivity contribution in [2.45, 2.75) is 12.8 Å². The molecule has 1 unspecified atom stereocenters. The summed E-state index contributed by atoms with van der Waals surface area (Å²) >= 11 is 0. The molecule has 4 nitrogen and oxygen atoms in total. The van der Waals surface area contributed by atoms with E-state index >= 15 is 0 Å². The number of hydrogen-bond acceptors (Lipinski definition) is 3.